The maximum Gasteiger partial charge on any atom is 0.0654 e. The molecule has 0 radical (unpaired) electrons. The predicted octanol–water partition coefficient (Wildman–Crippen LogP) is 4.56. The highest BCUT2D eigenvalue weighted by Gasteiger charge is 2.48. The van der Waals surface area contributed by atoms with E-state index in [9.17, 15) is 0 Å². The van der Waals surface area contributed by atoms with Crippen LogP contribution in [-0.4, -0.2) is 23.3 Å². The van der Waals surface area contributed by atoms with Gasteiger partial charge in [-0.1, -0.05) is 47.5 Å². The fourth-order valence-corrected chi connectivity index (χ4v) is 3.48. The Hall–Kier alpha value is -0.530. The molecule has 0 aromatic heterocycles. The summed E-state index contributed by atoms with van der Waals surface area (Å²) < 4.78 is 0. The van der Waals surface area contributed by atoms with Gasteiger partial charge in [0.25, 0.3) is 0 Å². The van der Waals surface area contributed by atoms with Gasteiger partial charge in [0.2, 0.25) is 0 Å². The molecule has 2 nitrogen and oxygen atoms in total. The van der Waals surface area contributed by atoms with E-state index in [4.69, 9.17) is 5.10 Å². The van der Waals surface area contributed by atoms with E-state index in [1.54, 1.807) is 0 Å². The zero-order chi connectivity index (χ0) is 13.9. The highest BCUT2D eigenvalue weighted by Crippen LogP contribution is 2.43. The van der Waals surface area contributed by atoms with Gasteiger partial charge in [-0.2, -0.15) is 5.10 Å². The van der Waals surface area contributed by atoms with Crippen molar-refractivity contribution in [3.8, 4) is 0 Å². The molecule has 1 heterocycles. The largest absolute Gasteiger partial charge is 0.293 e. The molecule has 1 rings (SSSR count). The van der Waals surface area contributed by atoms with E-state index in [0.717, 1.165) is 0 Å². The third kappa shape index (κ3) is 2.57. The first-order chi connectivity index (χ1) is 8.39. The standard InChI is InChI=1S/C16H32N2/c1-8-10-11-13(5)16(6)14(9-2)15(12(3)4)17-18(16)7/h12-14H,8-11H2,1-7H3. The van der Waals surface area contributed by atoms with Gasteiger partial charge in [0.1, 0.15) is 0 Å². The van der Waals surface area contributed by atoms with Crippen molar-refractivity contribution in [3.05, 3.63) is 0 Å². The minimum atomic E-state index is 0.212. The van der Waals surface area contributed by atoms with E-state index >= 15 is 0 Å². The monoisotopic (exact) mass is 252 g/mol. The summed E-state index contributed by atoms with van der Waals surface area (Å²) in [6.45, 7) is 14.0. The van der Waals surface area contributed by atoms with Gasteiger partial charge in [-0.25, -0.2) is 0 Å². The van der Waals surface area contributed by atoms with Gasteiger partial charge < -0.3 is 0 Å². The number of nitrogens with zero attached hydrogens (tertiary/aromatic N) is 2. The molecule has 3 atom stereocenters. The molecule has 1 aliphatic rings. The van der Waals surface area contributed by atoms with E-state index < -0.39 is 0 Å². The average Bonchev–Trinajstić information content (AvgIpc) is 2.60. The second-order valence-electron chi connectivity index (χ2n) is 6.43. The van der Waals surface area contributed by atoms with Gasteiger partial charge in [-0.3, -0.25) is 5.01 Å². The van der Waals surface area contributed by atoms with Crippen LogP contribution in [0.3, 0.4) is 0 Å². The summed E-state index contributed by atoms with van der Waals surface area (Å²) in [6.07, 6.45) is 5.14. The van der Waals surface area contributed by atoms with Crippen LogP contribution < -0.4 is 0 Å². The Kier molecular flexibility index (Phi) is 5.24. The Morgan fingerprint density at radius 3 is 2.33 bits per heavy atom. The molecular formula is C16H32N2. The van der Waals surface area contributed by atoms with Crippen LogP contribution in [0.5, 0.6) is 0 Å². The molecule has 0 saturated heterocycles. The van der Waals surface area contributed by atoms with Gasteiger partial charge in [-0.05, 0) is 31.6 Å². The lowest BCUT2D eigenvalue weighted by atomic mass is 9.70. The van der Waals surface area contributed by atoms with Crippen molar-refractivity contribution in [1.29, 1.82) is 0 Å². The number of unbranched alkanes of at least 4 members (excludes halogenated alkanes) is 1. The Bertz CT molecular complexity index is 295. The van der Waals surface area contributed by atoms with Crippen LogP contribution in [0.2, 0.25) is 0 Å². The fraction of sp³-hybridized carbons (Fsp3) is 0.938. The van der Waals surface area contributed by atoms with Gasteiger partial charge in [0.05, 0.1) is 5.54 Å². The summed E-state index contributed by atoms with van der Waals surface area (Å²) in [5.41, 5.74) is 1.62. The molecule has 106 valence electrons. The summed E-state index contributed by atoms with van der Waals surface area (Å²) in [4.78, 5) is 0. The molecule has 0 aromatic rings. The second-order valence-corrected chi connectivity index (χ2v) is 6.43. The van der Waals surface area contributed by atoms with Crippen molar-refractivity contribution in [2.24, 2.45) is 22.9 Å². The predicted molar refractivity (Wildman–Crippen MR) is 80.9 cm³/mol. The second kappa shape index (κ2) is 6.08. The third-order valence-corrected chi connectivity index (χ3v) is 5.01. The third-order valence-electron chi connectivity index (χ3n) is 5.01. The van der Waals surface area contributed by atoms with E-state index in [0.29, 0.717) is 17.8 Å². The van der Waals surface area contributed by atoms with Crippen molar-refractivity contribution < 1.29 is 0 Å². The molecule has 0 spiro atoms. The topological polar surface area (TPSA) is 15.6 Å². The maximum atomic E-state index is 4.87. The molecular weight excluding hydrogens is 220 g/mol. The molecule has 0 aromatic carbocycles. The highest BCUT2D eigenvalue weighted by atomic mass is 15.5. The molecule has 0 saturated carbocycles. The molecule has 0 fully saturated rings. The Morgan fingerprint density at radius 2 is 1.89 bits per heavy atom. The van der Waals surface area contributed by atoms with Crippen LogP contribution in [-0.2, 0) is 0 Å². The van der Waals surface area contributed by atoms with Crippen molar-refractivity contribution >= 4 is 5.71 Å². The first-order valence-corrected chi connectivity index (χ1v) is 7.71. The molecule has 2 heteroatoms. The van der Waals surface area contributed by atoms with E-state index in [1.165, 1.54) is 31.4 Å². The van der Waals surface area contributed by atoms with Gasteiger partial charge >= 0.3 is 0 Å². The van der Waals surface area contributed by atoms with Crippen LogP contribution in [0, 0.1) is 17.8 Å². The SMILES string of the molecule is CCCCC(C)C1(C)C(CC)C(C(C)C)=NN1C. The van der Waals surface area contributed by atoms with E-state index in [-0.39, 0.29) is 5.54 Å². The number of hydrazone groups is 1. The maximum absolute atomic E-state index is 4.87. The lowest BCUT2D eigenvalue weighted by Crippen LogP contribution is -2.50. The van der Waals surface area contributed by atoms with E-state index in [2.05, 4.69) is 53.6 Å². The summed E-state index contributed by atoms with van der Waals surface area (Å²) in [5.74, 6) is 1.89. The number of hydrogen-bond acceptors (Lipinski definition) is 2. The molecule has 18 heavy (non-hydrogen) atoms. The highest BCUT2D eigenvalue weighted by molar-refractivity contribution is 5.90. The Labute approximate surface area is 114 Å². The fourth-order valence-electron chi connectivity index (χ4n) is 3.48. The van der Waals surface area contributed by atoms with Crippen LogP contribution in [0.4, 0.5) is 0 Å². The minimum absolute atomic E-state index is 0.212. The summed E-state index contributed by atoms with van der Waals surface area (Å²) in [7, 11) is 2.17. The lowest BCUT2D eigenvalue weighted by molar-refractivity contribution is 0.0637. The lowest BCUT2D eigenvalue weighted by Gasteiger charge is -2.42. The summed E-state index contributed by atoms with van der Waals surface area (Å²) in [6, 6.07) is 0. The minimum Gasteiger partial charge on any atom is -0.293 e. The van der Waals surface area contributed by atoms with Gasteiger partial charge in [0.15, 0.2) is 0 Å². The molecule has 0 amide bonds. The van der Waals surface area contributed by atoms with Crippen molar-refractivity contribution in [2.45, 2.75) is 72.8 Å². The zero-order valence-electron chi connectivity index (χ0n) is 13.5. The molecule has 1 aliphatic heterocycles. The first kappa shape index (κ1) is 15.5. The quantitative estimate of drug-likeness (QED) is 0.677. The summed E-state index contributed by atoms with van der Waals surface area (Å²) >= 11 is 0. The molecule has 3 unspecified atom stereocenters. The number of hydrogen-bond donors (Lipinski definition) is 0. The smallest absolute Gasteiger partial charge is 0.0654 e. The Balaban J connectivity index is 2.93. The normalized spacial score (nSPS) is 29.9. The van der Waals surface area contributed by atoms with Crippen LogP contribution >= 0.6 is 0 Å². The van der Waals surface area contributed by atoms with Crippen LogP contribution in [0.25, 0.3) is 0 Å². The number of rotatable bonds is 6. The van der Waals surface area contributed by atoms with E-state index in [1.807, 2.05) is 0 Å². The van der Waals surface area contributed by atoms with Crippen molar-refractivity contribution in [3.63, 3.8) is 0 Å². The molecule has 0 bridgehead atoms. The Morgan fingerprint density at radius 1 is 1.28 bits per heavy atom. The van der Waals surface area contributed by atoms with Crippen LogP contribution in [0.1, 0.15) is 67.2 Å². The van der Waals surface area contributed by atoms with Gasteiger partial charge in [0, 0.05) is 18.7 Å². The molecule has 0 N–H and O–H groups in total. The zero-order valence-corrected chi connectivity index (χ0v) is 13.5. The van der Waals surface area contributed by atoms with Crippen LogP contribution in [0.15, 0.2) is 5.10 Å². The van der Waals surface area contributed by atoms with Crippen molar-refractivity contribution in [1.82, 2.24) is 5.01 Å². The van der Waals surface area contributed by atoms with Crippen molar-refractivity contribution in [2.75, 3.05) is 7.05 Å². The molecule has 0 aliphatic carbocycles. The average molecular weight is 252 g/mol. The summed E-state index contributed by atoms with van der Waals surface area (Å²) in [5, 5.41) is 7.13. The van der Waals surface area contributed by atoms with Gasteiger partial charge in [-0.15, -0.1) is 0 Å². The first-order valence-electron chi connectivity index (χ1n) is 7.71.